The van der Waals surface area contributed by atoms with Gasteiger partial charge < -0.3 is 11.1 Å². The van der Waals surface area contributed by atoms with Gasteiger partial charge in [0.25, 0.3) is 5.91 Å². The van der Waals surface area contributed by atoms with Crippen LogP contribution in [0.3, 0.4) is 0 Å². The summed E-state index contributed by atoms with van der Waals surface area (Å²) in [5.74, 6) is -0.101. The number of nitrogens with zero attached hydrogens (tertiary/aromatic N) is 2. The zero-order valence-electron chi connectivity index (χ0n) is 9.69. The maximum Gasteiger partial charge on any atom is 0.265 e. The van der Waals surface area contributed by atoms with Gasteiger partial charge in [-0.2, -0.15) is 0 Å². The Morgan fingerprint density at radius 2 is 2.31 bits per heavy atom. The number of nitrogens with one attached hydrogen (secondary N) is 1. The zero-order valence-corrected chi connectivity index (χ0v) is 10.5. The molecule has 16 heavy (non-hydrogen) atoms. The number of nitrogens with two attached hydrogens (primary N) is 1. The predicted octanol–water partition coefficient (Wildman–Crippen LogP) is 0.958. The summed E-state index contributed by atoms with van der Waals surface area (Å²) in [6.07, 6.45) is 2.58. The Balaban J connectivity index is 2.68. The van der Waals surface area contributed by atoms with Crippen LogP contribution in [0.4, 0.5) is 0 Å². The minimum absolute atomic E-state index is 0.0316. The summed E-state index contributed by atoms with van der Waals surface area (Å²) in [6.45, 7) is 4.50. The molecule has 0 aliphatic carbocycles. The van der Waals surface area contributed by atoms with Crippen molar-refractivity contribution in [3.05, 3.63) is 10.6 Å². The van der Waals surface area contributed by atoms with Gasteiger partial charge >= 0.3 is 0 Å². The first-order valence-corrected chi connectivity index (χ1v) is 6.32. The van der Waals surface area contributed by atoms with E-state index in [-0.39, 0.29) is 11.9 Å². The maximum absolute atomic E-state index is 11.9. The van der Waals surface area contributed by atoms with Crippen molar-refractivity contribution in [3.63, 3.8) is 0 Å². The number of amides is 1. The van der Waals surface area contributed by atoms with Crippen molar-refractivity contribution in [1.29, 1.82) is 0 Å². The molecule has 6 heteroatoms. The van der Waals surface area contributed by atoms with Crippen LogP contribution in [0.1, 0.15) is 42.1 Å². The van der Waals surface area contributed by atoms with E-state index >= 15 is 0 Å². The molecule has 1 rings (SSSR count). The number of carbonyl (C=O) groups is 1. The average molecular weight is 242 g/mol. The van der Waals surface area contributed by atoms with Gasteiger partial charge in [0.15, 0.2) is 0 Å². The van der Waals surface area contributed by atoms with E-state index in [4.69, 9.17) is 5.73 Å². The number of aromatic nitrogens is 2. The molecule has 0 saturated carbocycles. The Morgan fingerprint density at radius 3 is 2.88 bits per heavy atom. The molecule has 1 heterocycles. The first-order valence-electron chi connectivity index (χ1n) is 5.55. The lowest BCUT2D eigenvalue weighted by atomic mass is 10.2. The van der Waals surface area contributed by atoms with Gasteiger partial charge in [-0.1, -0.05) is 24.8 Å². The van der Waals surface area contributed by atoms with Gasteiger partial charge in [0.1, 0.15) is 4.88 Å². The minimum Gasteiger partial charge on any atom is -0.347 e. The molecule has 0 aliphatic heterocycles. The zero-order chi connectivity index (χ0) is 12.0. The molecule has 0 spiro atoms. The van der Waals surface area contributed by atoms with E-state index in [1.54, 1.807) is 0 Å². The normalized spacial score (nSPS) is 12.4. The van der Waals surface area contributed by atoms with E-state index in [2.05, 4.69) is 21.8 Å². The number of carbonyl (C=O) groups excluding carboxylic acids is 1. The molecular weight excluding hydrogens is 224 g/mol. The summed E-state index contributed by atoms with van der Waals surface area (Å²) >= 11 is 1.15. The van der Waals surface area contributed by atoms with Crippen LogP contribution >= 0.6 is 11.5 Å². The fourth-order valence-corrected chi connectivity index (χ4v) is 1.97. The Labute approximate surface area is 99.6 Å². The maximum atomic E-state index is 11.9. The molecule has 5 nitrogen and oxygen atoms in total. The molecule has 0 bridgehead atoms. The van der Waals surface area contributed by atoms with Crippen molar-refractivity contribution < 1.29 is 4.79 Å². The second-order valence-corrected chi connectivity index (χ2v) is 4.37. The highest BCUT2D eigenvalue weighted by atomic mass is 32.1. The molecule has 0 aromatic carbocycles. The Hall–Kier alpha value is -1.01. The van der Waals surface area contributed by atoms with E-state index < -0.39 is 0 Å². The second kappa shape index (κ2) is 6.55. The number of rotatable bonds is 6. The molecule has 1 atom stereocenters. The Bertz CT molecular complexity index is 335. The first kappa shape index (κ1) is 13.1. The van der Waals surface area contributed by atoms with Gasteiger partial charge in [0.2, 0.25) is 0 Å². The lowest BCUT2D eigenvalue weighted by molar-refractivity contribution is 0.0940. The lowest BCUT2D eigenvalue weighted by Crippen LogP contribution is -2.39. The Kier molecular flexibility index (Phi) is 5.34. The standard InChI is InChI=1S/C10H18N4OS/c1-3-5-8-9(16-14-13-8)10(15)12-7(4-2)6-11/h7H,3-6,11H2,1-2H3,(H,12,15). The van der Waals surface area contributed by atoms with Crippen LogP contribution in [-0.2, 0) is 6.42 Å². The average Bonchev–Trinajstić information content (AvgIpc) is 2.74. The molecule has 3 N–H and O–H groups in total. The summed E-state index contributed by atoms with van der Waals surface area (Å²) in [6, 6.07) is 0.0316. The van der Waals surface area contributed by atoms with E-state index in [0.717, 1.165) is 36.5 Å². The molecule has 1 aromatic heterocycles. The molecule has 0 aliphatic rings. The highest BCUT2D eigenvalue weighted by Crippen LogP contribution is 2.12. The van der Waals surface area contributed by atoms with Gasteiger partial charge in [-0.15, -0.1) is 5.10 Å². The van der Waals surface area contributed by atoms with Crippen molar-refractivity contribution in [3.8, 4) is 0 Å². The van der Waals surface area contributed by atoms with Gasteiger partial charge in [-0.25, -0.2) is 0 Å². The highest BCUT2D eigenvalue weighted by Gasteiger charge is 2.17. The van der Waals surface area contributed by atoms with E-state index in [0.29, 0.717) is 11.4 Å². The molecular formula is C10H18N4OS. The topological polar surface area (TPSA) is 80.9 Å². The summed E-state index contributed by atoms with van der Waals surface area (Å²) in [5, 5.41) is 6.85. The molecule has 90 valence electrons. The fourth-order valence-electron chi connectivity index (χ4n) is 1.36. The largest absolute Gasteiger partial charge is 0.347 e. The molecule has 1 unspecified atom stereocenters. The van der Waals surface area contributed by atoms with Crippen LogP contribution in [0.15, 0.2) is 0 Å². The van der Waals surface area contributed by atoms with E-state index in [1.165, 1.54) is 0 Å². The van der Waals surface area contributed by atoms with E-state index in [1.807, 2.05) is 6.92 Å². The molecule has 0 radical (unpaired) electrons. The van der Waals surface area contributed by atoms with Gasteiger partial charge in [-0.05, 0) is 24.4 Å². The van der Waals surface area contributed by atoms with Crippen molar-refractivity contribution in [2.45, 2.75) is 39.2 Å². The third-order valence-electron chi connectivity index (χ3n) is 2.36. The predicted molar refractivity (Wildman–Crippen MR) is 64.5 cm³/mol. The molecule has 1 aromatic rings. The van der Waals surface area contributed by atoms with Crippen LogP contribution in [0.5, 0.6) is 0 Å². The SMILES string of the molecule is CCCc1nnsc1C(=O)NC(CC)CN. The van der Waals surface area contributed by atoms with Crippen LogP contribution in [0.25, 0.3) is 0 Å². The van der Waals surface area contributed by atoms with Crippen molar-refractivity contribution >= 4 is 17.4 Å². The fraction of sp³-hybridized carbons (Fsp3) is 0.700. The number of hydrogen-bond donors (Lipinski definition) is 2. The van der Waals surface area contributed by atoms with Crippen LogP contribution in [0, 0.1) is 0 Å². The van der Waals surface area contributed by atoms with Gasteiger partial charge in [-0.3, -0.25) is 4.79 Å². The van der Waals surface area contributed by atoms with Gasteiger partial charge in [0, 0.05) is 12.6 Å². The second-order valence-electron chi connectivity index (χ2n) is 3.61. The third kappa shape index (κ3) is 3.24. The minimum atomic E-state index is -0.101. The molecule has 1 amide bonds. The summed E-state index contributed by atoms with van der Waals surface area (Å²) < 4.78 is 3.82. The van der Waals surface area contributed by atoms with Crippen molar-refractivity contribution in [2.24, 2.45) is 5.73 Å². The van der Waals surface area contributed by atoms with E-state index in [9.17, 15) is 4.79 Å². The lowest BCUT2D eigenvalue weighted by Gasteiger charge is -2.13. The van der Waals surface area contributed by atoms with Crippen LogP contribution < -0.4 is 11.1 Å². The van der Waals surface area contributed by atoms with Crippen molar-refractivity contribution in [1.82, 2.24) is 14.9 Å². The van der Waals surface area contributed by atoms with Crippen LogP contribution in [0.2, 0.25) is 0 Å². The quantitative estimate of drug-likeness (QED) is 0.778. The number of hydrogen-bond acceptors (Lipinski definition) is 5. The van der Waals surface area contributed by atoms with Crippen molar-refractivity contribution in [2.75, 3.05) is 6.54 Å². The summed E-state index contributed by atoms with van der Waals surface area (Å²) in [4.78, 5) is 12.5. The van der Waals surface area contributed by atoms with Gasteiger partial charge in [0.05, 0.1) is 5.69 Å². The monoisotopic (exact) mass is 242 g/mol. The summed E-state index contributed by atoms with van der Waals surface area (Å²) in [7, 11) is 0. The highest BCUT2D eigenvalue weighted by molar-refractivity contribution is 7.08. The first-order chi connectivity index (χ1) is 7.72. The molecule has 0 fully saturated rings. The Morgan fingerprint density at radius 1 is 1.56 bits per heavy atom. The molecule has 0 saturated heterocycles. The summed E-state index contributed by atoms with van der Waals surface area (Å²) in [5.41, 5.74) is 6.33. The number of aryl methyl sites for hydroxylation is 1. The third-order valence-corrected chi connectivity index (χ3v) is 3.13. The smallest absolute Gasteiger partial charge is 0.265 e. The van der Waals surface area contributed by atoms with Crippen LogP contribution in [-0.4, -0.2) is 28.1 Å².